The van der Waals surface area contributed by atoms with Crippen LogP contribution < -0.4 is 5.32 Å². The Bertz CT molecular complexity index is 859. The summed E-state index contributed by atoms with van der Waals surface area (Å²) in [5.74, 6) is -0.418. The van der Waals surface area contributed by atoms with Gasteiger partial charge in [-0.3, -0.25) is 0 Å². The normalized spacial score (nSPS) is 14.4. The highest BCUT2D eigenvalue weighted by Gasteiger charge is 2.27. The molecule has 0 bridgehead atoms. The topological polar surface area (TPSA) is 71.5 Å². The summed E-state index contributed by atoms with van der Waals surface area (Å²) < 4.78 is 5.02. The molecular formula is C22H29N3O3S. The second-order valence-corrected chi connectivity index (χ2v) is 8.46. The van der Waals surface area contributed by atoms with Gasteiger partial charge in [0.05, 0.1) is 13.2 Å². The molecule has 1 saturated carbocycles. The molecule has 1 heterocycles. The predicted molar refractivity (Wildman–Crippen MR) is 115 cm³/mol. The molecular weight excluding hydrogens is 386 g/mol. The first-order valence-electron chi connectivity index (χ1n) is 10.2. The van der Waals surface area contributed by atoms with Gasteiger partial charge in [-0.25, -0.2) is 14.6 Å². The van der Waals surface area contributed by atoms with Crippen molar-refractivity contribution in [3.05, 3.63) is 45.4 Å². The molecule has 2 amide bonds. The van der Waals surface area contributed by atoms with Crippen molar-refractivity contribution >= 4 is 29.0 Å². The molecule has 29 heavy (non-hydrogen) atoms. The Balaban J connectivity index is 1.77. The molecule has 0 unspecified atom stereocenters. The maximum atomic E-state index is 13.2. The molecule has 0 saturated heterocycles. The molecule has 0 radical (unpaired) electrons. The van der Waals surface area contributed by atoms with Crippen molar-refractivity contribution in [3.8, 4) is 0 Å². The van der Waals surface area contributed by atoms with E-state index < -0.39 is 5.97 Å². The van der Waals surface area contributed by atoms with Crippen molar-refractivity contribution in [2.45, 2.75) is 65.5 Å². The first-order valence-corrected chi connectivity index (χ1v) is 11.1. The van der Waals surface area contributed by atoms with Crippen molar-refractivity contribution < 1.29 is 14.3 Å². The van der Waals surface area contributed by atoms with Gasteiger partial charge in [0.1, 0.15) is 5.01 Å². The number of ether oxygens (including phenoxy) is 1. The van der Waals surface area contributed by atoms with Crippen molar-refractivity contribution in [1.82, 2.24) is 9.88 Å². The molecule has 0 spiro atoms. The van der Waals surface area contributed by atoms with Crippen molar-refractivity contribution in [2.75, 3.05) is 11.9 Å². The van der Waals surface area contributed by atoms with Gasteiger partial charge in [0, 0.05) is 17.1 Å². The Morgan fingerprint density at radius 2 is 2.00 bits per heavy atom. The zero-order valence-electron chi connectivity index (χ0n) is 17.4. The number of urea groups is 1. The summed E-state index contributed by atoms with van der Waals surface area (Å²) in [6.07, 6.45) is 5.47. The SMILES string of the molecule is CCOC(=O)c1csc(CN(C(=O)Nc2ccc(C)cc2C)C2CCCCC2)n1. The number of aromatic nitrogens is 1. The second-order valence-electron chi connectivity index (χ2n) is 7.52. The molecule has 2 aromatic rings. The standard InChI is InChI=1S/C22H29N3O3S/c1-4-28-21(26)19-14-29-20(23-19)13-25(17-8-6-5-7-9-17)22(27)24-18-11-10-15(2)12-16(18)3/h10-12,14,17H,4-9,13H2,1-3H3,(H,24,27). The van der Waals surface area contributed by atoms with Gasteiger partial charge < -0.3 is 15.0 Å². The summed E-state index contributed by atoms with van der Waals surface area (Å²) in [6, 6.07) is 6.08. The fraction of sp³-hybridized carbons (Fsp3) is 0.500. The molecule has 1 N–H and O–H groups in total. The Morgan fingerprint density at radius 1 is 1.24 bits per heavy atom. The Labute approximate surface area is 176 Å². The fourth-order valence-electron chi connectivity index (χ4n) is 3.73. The van der Waals surface area contributed by atoms with Crippen molar-refractivity contribution in [1.29, 1.82) is 0 Å². The molecule has 156 valence electrons. The molecule has 0 aliphatic heterocycles. The highest BCUT2D eigenvalue weighted by atomic mass is 32.1. The molecule has 1 aromatic heterocycles. The van der Waals surface area contributed by atoms with Gasteiger partial charge in [0.25, 0.3) is 0 Å². The minimum Gasteiger partial charge on any atom is -0.461 e. The van der Waals surface area contributed by atoms with Crippen LogP contribution in [0.2, 0.25) is 0 Å². The van der Waals surface area contributed by atoms with Crippen LogP contribution >= 0.6 is 11.3 Å². The summed E-state index contributed by atoms with van der Waals surface area (Å²) in [5, 5.41) is 5.52. The van der Waals surface area contributed by atoms with E-state index in [9.17, 15) is 9.59 Å². The summed E-state index contributed by atoms with van der Waals surface area (Å²) >= 11 is 1.39. The Kier molecular flexibility index (Phi) is 7.25. The number of nitrogens with one attached hydrogen (secondary N) is 1. The van der Waals surface area contributed by atoms with Crippen molar-refractivity contribution in [3.63, 3.8) is 0 Å². The molecule has 1 aliphatic rings. The molecule has 1 fully saturated rings. The third-order valence-corrected chi connectivity index (χ3v) is 6.08. The summed E-state index contributed by atoms with van der Waals surface area (Å²) in [5.41, 5.74) is 3.35. The van der Waals surface area contributed by atoms with E-state index in [1.807, 2.05) is 30.9 Å². The quantitative estimate of drug-likeness (QED) is 0.650. The lowest BCUT2D eigenvalue weighted by Crippen LogP contribution is -2.43. The van der Waals surface area contributed by atoms with Gasteiger partial charge in [-0.2, -0.15) is 0 Å². The van der Waals surface area contributed by atoms with E-state index in [1.165, 1.54) is 23.3 Å². The van der Waals surface area contributed by atoms with Crippen LogP contribution in [0.5, 0.6) is 0 Å². The lowest BCUT2D eigenvalue weighted by molar-refractivity contribution is 0.0520. The highest BCUT2D eigenvalue weighted by Crippen LogP contribution is 2.26. The first kappa shape index (κ1) is 21.3. The zero-order valence-corrected chi connectivity index (χ0v) is 18.2. The van der Waals surface area contributed by atoms with Crippen LogP contribution in [0.4, 0.5) is 10.5 Å². The minimum atomic E-state index is -0.418. The molecule has 0 atom stereocenters. The van der Waals surface area contributed by atoms with E-state index in [0.717, 1.165) is 41.9 Å². The van der Waals surface area contributed by atoms with E-state index in [-0.39, 0.29) is 12.1 Å². The monoisotopic (exact) mass is 415 g/mol. The van der Waals surface area contributed by atoms with E-state index in [2.05, 4.69) is 16.4 Å². The molecule has 6 nitrogen and oxygen atoms in total. The lowest BCUT2D eigenvalue weighted by atomic mass is 9.94. The third kappa shape index (κ3) is 5.56. The average molecular weight is 416 g/mol. The lowest BCUT2D eigenvalue weighted by Gasteiger charge is -2.34. The number of rotatable bonds is 6. The number of carbonyl (C=O) groups excluding carboxylic acids is 2. The van der Waals surface area contributed by atoms with Gasteiger partial charge >= 0.3 is 12.0 Å². The predicted octanol–water partition coefficient (Wildman–Crippen LogP) is 5.30. The zero-order chi connectivity index (χ0) is 20.8. The van der Waals surface area contributed by atoms with E-state index >= 15 is 0 Å². The van der Waals surface area contributed by atoms with Crippen LogP contribution in [0.3, 0.4) is 0 Å². The number of nitrogens with zero attached hydrogens (tertiary/aromatic N) is 2. The summed E-state index contributed by atoms with van der Waals surface area (Å²) in [6.45, 7) is 6.52. The summed E-state index contributed by atoms with van der Waals surface area (Å²) in [4.78, 5) is 31.4. The fourth-order valence-corrected chi connectivity index (χ4v) is 4.49. The highest BCUT2D eigenvalue weighted by molar-refractivity contribution is 7.09. The van der Waals surface area contributed by atoms with Gasteiger partial charge in [-0.15, -0.1) is 11.3 Å². The van der Waals surface area contributed by atoms with E-state index in [0.29, 0.717) is 18.8 Å². The van der Waals surface area contributed by atoms with Crippen LogP contribution in [0.1, 0.15) is 65.7 Å². The van der Waals surface area contributed by atoms with Crippen LogP contribution in [0.15, 0.2) is 23.6 Å². The maximum Gasteiger partial charge on any atom is 0.357 e. The van der Waals surface area contributed by atoms with E-state index in [4.69, 9.17) is 4.74 Å². The van der Waals surface area contributed by atoms with Crippen LogP contribution in [-0.4, -0.2) is 34.5 Å². The third-order valence-electron chi connectivity index (χ3n) is 5.24. The van der Waals surface area contributed by atoms with E-state index in [1.54, 1.807) is 12.3 Å². The van der Waals surface area contributed by atoms with Gasteiger partial charge in [0.15, 0.2) is 5.69 Å². The smallest absolute Gasteiger partial charge is 0.357 e. The van der Waals surface area contributed by atoms with Crippen molar-refractivity contribution in [2.24, 2.45) is 0 Å². The molecule has 3 rings (SSSR count). The molecule has 1 aromatic carbocycles. The Morgan fingerprint density at radius 3 is 2.69 bits per heavy atom. The van der Waals surface area contributed by atoms with Crippen LogP contribution in [0, 0.1) is 13.8 Å². The number of anilines is 1. The molecule has 7 heteroatoms. The number of thiazole rings is 1. The molecule has 1 aliphatic carbocycles. The second kappa shape index (κ2) is 9.87. The minimum absolute atomic E-state index is 0.114. The Hall–Kier alpha value is -2.41. The van der Waals surface area contributed by atoms with Gasteiger partial charge in [0.2, 0.25) is 0 Å². The number of esters is 1. The number of amides is 2. The first-order chi connectivity index (χ1) is 14.0. The van der Waals surface area contributed by atoms with Gasteiger partial charge in [-0.05, 0) is 45.2 Å². The van der Waals surface area contributed by atoms with Crippen LogP contribution in [0.25, 0.3) is 0 Å². The van der Waals surface area contributed by atoms with Crippen LogP contribution in [-0.2, 0) is 11.3 Å². The number of carbonyl (C=O) groups is 2. The summed E-state index contributed by atoms with van der Waals surface area (Å²) in [7, 11) is 0. The number of hydrogen-bond donors (Lipinski definition) is 1. The maximum absolute atomic E-state index is 13.2. The number of aryl methyl sites for hydroxylation is 2. The average Bonchev–Trinajstić information content (AvgIpc) is 3.18. The number of hydrogen-bond acceptors (Lipinski definition) is 5. The number of benzene rings is 1. The largest absolute Gasteiger partial charge is 0.461 e. The van der Waals surface area contributed by atoms with Gasteiger partial charge in [-0.1, -0.05) is 37.0 Å².